The van der Waals surface area contributed by atoms with E-state index in [1.54, 1.807) is 37.7 Å². The number of hydrogen-bond donors (Lipinski definition) is 0. The summed E-state index contributed by atoms with van der Waals surface area (Å²) in [7, 11) is 7.03. The van der Waals surface area contributed by atoms with Crippen LogP contribution in [-0.4, -0.2) is 45.5 Å². The molecule has 0 saturated heterocycles. The Balaban J connectivity index is 1.96. The largest absolute Gasteiger partial charge is 0.493 e. The Hall–Kier alpha value is -3.85. The van der Waals surface area contributed by atoms with E-state index in [4.69, 9.17) is 14.2 Å². The number of anilines is 1. The number of hydrogen-bond acceptors (Lipinski definition) is 8. The van der Waals surface area contributed by atoms with Crippen molar-refractivity contribution in [3.8, 4) is 11.5 Å². The number of carbonyl (C=O) groups is 1. The number of rotatable bonds is 7. The van der Waals surface area contributed by atoms with Crippen molar-refractivity contribution >= 4 is 29.1 Å². The SMILES string of the molecule is CCOC(=O)C1=C(C)N=c2s/c(=C\c3ccc(N(C)C)cc3)c(=O)n2[C@@H]1c1cccc(OC)c1OC. The van der Waals surface area contributed by atoms with Crippen LogP contribution in [0, 0.1) is 0 Å². The molecular weight excluding hydrogens is 478 g/mol. The van der Waals surface area contributed by atoms with Gasteiger partial charge >= 0.3 is 5.97 Å². The lowest BCUT2D eigenvalue weighted by atomic mass is 9.94. The average molecular weight is 508 g/mol. The smallest absolute Gasteiger partial charge is 0.338 e. The Labute approximate surface area is 213 Å². The van der Waals surface area contributed by atoms with Gasteiger partial charge in [-0.2, -0.15) is 0 Å². The maximum Gasteiger partial charge on any atom is 0.338 e. The minimum Gasteiger partial charge on any atom is -0.493 e. The number of aromatic nitrogens is 1. The van der Waals surface area contributed by atoms with E-state index in [2.05, 4.69) is 4.99 Å². The van der Waals surface area contributed by atoms with Gasteiger partial charge < -0.3 is 19.1 Å². The summed E-state index contributed by atoms with van der Waals surface area (Å²) in [6.07, 6.45) is 1.84. The summed E-state index contributed by atoms with van der Waals surface area (Å²) < 4.78 is 18.6. The molecule has 1 aliphatic heterocycles. The summed E-state index contributed by atoms with van der Waals surface area (Å²) in [4.78, 5) is 34.0. The van der Waals surface area contributed by atoms with E-state index in [9.17, 15) is 9.59 Å². The van der Waals surface area contributed by atoms with Crippen molar-refractivity contribution in [3.63, 3.8) is 0 Å². The van der Waals surface area contributed by atoms with Gasteiger partial charge in [-0.3, -0.25) is 9.36 Å². The van der Waals surface area contributed by atoms with Crippen LogP contribution in [0.1, 0.15) is 31.0 Å². The first-order valence-corrected chi connectivity index (χ1v) is 12.3. The van der Waals surface area contributed by atoms with Crippen molar-refractivity contribution in [3.05, 3.63) is 84.5 Å². The molecule has 0 aliphatic carbocycles. The fourth-order valence-electron chi connectivity index (χ4n) is 4.23. The lowest BCUT2D eigenvalue weighted by Crippen LogP contribution is -2.40. The number of nitrogens with zero attached hydrogens (tertiary/aromatic N) is 3. The Morgan fingerprint density at radius 2 is 1.86 bits per heavy atom. The van der Waals surface area contributed by atoms with Gasteiger partial charge in [-0.15, -0.1) is 0 Å². The second-order valence-electron chi connectivity index (χ2n) is 8.37. The second kappa shape index (κ2) is 10.4. The lowest BCUT2D eigenvalue weighted by Gasteiger charge is -2.26. The van der Waals surface area contributed by atoms with E-state index in [0.717, 1.165) is 11.3 Å². The minimum absolute atomic E-state index is 0.199. The summed E-state index contributed by atoms with van der Waals surface area (Å²) in [5.41, 5.74) is 3.09. The topological polar surface area (TPSA) is 82.4 Å². The van der Waals surface area contributed by atoms with Gasteiger partial charge in [0.25, 0.3) is 5.56 Å². The Morgan fingerprint density at radius 1 is 1.14 bits per heavy atom. The van der Waals surface area contributed by atoms with Crippen molar-refractivity contribution in [2.24, 2.45) is 4.99 Å². The molecule has 0 spiro atoms. The third kappa shape index (κ3) is 4.54. The summed E-state index contributed by atoms with van der Waals surface area (Å²) in [5, 5.41) is 0. The molecule has 0 fully saturated rings. The molecule has 8 nitrogen and oxygen atoms in total. The van der Waals surface area contributed by atoms with Crippen LogP contribution >= 0.6 is 11.3 Å². The van der Waals surface area contributed by atoms with Crippen LogP contribution in [0.25, 0.3) is 6.08 Å². The maximum absolute atomic E-state index is 13.8. The van der Waals surface area contributed by atoms with Gasteiger partial charge in [0.15, 0.2) is 16.3 Å². The van der Waals surface area contributed by atoms with Crippen LogP contribution in [0.15, 0.2) is 63.5 Å². The monoisotopic (exact) mass is 507 g/mol. The van der Waals surface area contributed by atoms with Gasteiger partial charge in [0.1, 0.15) is 6.04 Å². The molecule has 0 amide bonds. The van der Waals surface area contributed by atoms with E-state index >= 15 is 0 Å². The van der Waals surface area contributed by atoms with Crippen LogP contribution in [0.2, 0.25) is 0 Å². The number of ether oxygens (including phenoxy) is 3. The summed E-state index contributed by atoms with van der Waals surface area (Å²) in [6, 6.07) is 12.5. The van der Waals surface area contributed by atoms with Gasteiger partial charge in [0.2, 0.25) is 0 Å². The molecule has 1 atom stereocenters. The molecule has 1 aliphatic rings. The average Bonchev–Trinajstić information content (AvgIpc) is 3.17. The number of thiazole rings is 1. The van der Waals surface area contributed by atoms with Crippen LogP contribution in [0.3, 0.4) is 0 Å². The first-order valence-electron chi connectivity index (χ1n) is 11.5. The van der Waals surface area contributed by atoms with E-state index in [0.29, 0.717) is 32.1 Å². The highest BCUT2D eigenvalue weighted by molar-refractivity contribution is 7.07. The van der Waals surface area contributed by atoms with Crippen molar-refractivity contribution in [2.45, 2.75) is 19.9 Å². The molecule has 0 bridgehead atoms. The van der Waals surface area contributed by atoms with Gasteiger partial charge in [0.05, 0.1) is 36.6 Å². The van der Waals surface area contributed by atoms with Crippen molar-refractivity contribution < 1.29 is 19.0 Å². The molecule has 1 aromatic heterocycles. The van der Waals surface area contributed by atoms with Crippen LogP contribution < -0.4 is 29.3 Å². The first-order chi connectivity index (χ1) is 17.3. The lowest BCUT2D eigenvalue weighted by molar-refractivity contribution is -0.139. The molecule has 0 saturated carbocycles. The van der Waals surface area contributed by atoms with Gasteiger partial charge in [-0.25, -0.2) is 9.79 Å². The predicted molar refractivity (Wildman–Crippen MR) is 141 cm³/mol. The van der Waals surface area contributed by atoms with Crippen LogP contribution in [-0.2, 0) is 9.53 Å². The quantitative estimate of drug-likeness (QED) is 0.458. The summed E-state index contributed by atoms with van der Waals surface area (Å²) in [6.45, 7) is 3.69. The van der Waals surface area contributed by atoms with E-state index in [-0.39, 0.29) is 17.7 Å². The fraction of sp³-hybridized carbons (Fsp3) is 0.296. The predicted octanol–water partition coefficient (Wildman–Crippen LogP) is 2.88. The highest BCUT2D eigenvalue weighted by Gasteiger charge is 2.35. The molecule has 2 aromatic carbocycles. The van der Waals surface area contributed by atoms with Crippen LogP contribution in [0.5, 0.6) is 11.5 Å². The Bertz CT molecular complexity index is 1500. The van der Waals surface area contributed by atoms with E-state index in [1.807, 2.05) is 55.4 Å². The second-order valence-corrected chi connectivity index (χ2v) is 9.38. The zero-order valence-electron chi connectivity index (χ0n) is 21.2. The van der Waals surface area contributed by atoms with Crippen molar-refractivity contribution in [1.29, 1.82) is 0 Å². The Kier molecular flexibility index (Phi) is 7.30. The molecule has 2 heterocycles. The zero-order chi connectivity index (χ0) is 26.0. The van der Waals surface area contributed by atoms with E-state index in [1.165, 1.54) is 18.4 Å². The van der Waals surface area contributed by atoms with Gasteiger partial charge in [-0.1, -0.05) is 35.6 Å². The van der Waals surface area contributed by atoms with Gasteiger partial charge in [0, 0.05) is 25.3 Å². The Morgan fingerprint density at radius 3 is 2.47 bits per heavy atom. The van der Waals surface area contributed by atoms with Gasteiger partial charge in [-0.05, 0) is 43.7 Å². The highest BCUT2D eigenvalue weighted by Crippen LogP contribution is 2.40. The maximum atomic E-state index is 13.8. The number of esters is 1. The fourth-order valence-corrected chi connectivity index (χ4v) is 5.28. The summed E-state index contributed by atoms with van der Waals surface area (Å²) >= 11 is 1.28. The summed E-state index contributed by atoms with van der Waals surface area (Å²) in [5.74, 6) is 0.411. The number of benzene rings is 2. The third-order valence-corrected chi connectivity index (χ3v) is 6.94. The molecule has 0 N–H and O–H groups in total. The highest BCUT2D eigenvalue weighted by atomic mass is 32.1. The number of carbonyl (C=O) groups excluding carboxylic acids is 1. The molecule has 188 valence electrons. The van der Waals surface area contributed by atoms with Crippen molar-refractivity contribution in [2.75, 3.05) is 39.8 Å². The first kappa shape index (κ1) is 25.2. The number of para-hydroxylation sites is 1. The molecule has 36 heavy (non-hydrogen) atoms. The number of methoxy groups -OCH3 is 2. The normalized spacial score (nSPS) is 15.3. The number of fused-ring (bicyclic) bond motifs is 1. The standard InChI is InChI=1S/C27H29N3O5S/c1-7-35-26(32)22-16(2)28-27-30(23(22)19-9-8-10-20(33-5)24(19)34-6)25(31)21(36-27)15-17-11-13-18(14-12-17)29(3)4/h8-15,23H,7H2,1-6H3/b21-15-/t23-/m1/s1. The zero-order valence-corrected chi connectivity index (χ0v) is 22.0. The number of allylic oxidation sites excluding steroid dienone is 1. The molecule has 0 radical (unpaired) electrons. The third-order valence-electron chi connectivity index (χ3n) is 5.95. The van der Waals surface area contributed by atoms with Crippen molar-refractivity contribution in [1.82, 2.24) is 4.57 Å². The molecular formula is C27H29N3O5S. The molecule has 3 aromatic rings. The van der Waals surface area contributed by atoms with E-state index < -0.39 is 12.0 Å². The molecule has 9 heteroatoms. The molecule has 4 rings (SSSR count). The minimum atomic E-state index is -0.788. The molecule has 0 unspecified atom stereocenters. The van der Waals surface area contributed by atoms with Crippen LogP contribution in [0.4, 0.5) is 5.69 Å².